The molecule has 0 aromatic carbocycles. The van der Waals surface area contributed by atoms with Crippen molar-refractivity contribution in [2.75, 3.05) is 13.1 Å². The maximum absolute atomic E-state index is 12.2. The summed E-state index contributed by atoms with van der Waals surface area (Å²) in [6, 6.07) is 8.18. The van der Waals surface area contributed by atoms with E-state index in [0.717, 1.165) is 57.7 Å². The summed E-state index contributed by atoms with van der Waals surface area (Å²) in [5.74, 6) is 0.710. The molecule has 1 N–H and O–H groups in total. The highest BCUT2D eigenvalue weighted by Crippen LogP contribution is 2.32. The summed E-state index contributed by atoms with van der Waals surface area (Å²) in [5.41, 5.74) is 6.23. The molecule has 5 heterocycles. The highest BCUT2D eigenvalue weighted by molar-refractivity contribution is 6.00. The maximum atomic E-state index is 12.2. The van der Waals surface area contributed by atoms with Crippen molar-refractivity contribution in [3.8, 4) is 11.3 Å². The molecule has 1 amide bonds. The van der Waals surface area contributed by atoms with Crippen LogP contribution in [0.4, 0.5) is 0 Å². The normalized spacial score (nSPS) is 16.1. The van der Waals surface area contributed by atoms with E-state index in [1.165, 1.54) is 6.92 Å². The van der Waals surface area contributed by atoms with E-state index in [1.54, 1.807) is 4.90 Å². The van der Waals surface area contributed by atoms with Gasteiger partial charge in [0.25, 0.3) is 5.91 Å². The molecule has 8 heteroatoms. The van der Waals surface area contributed by atoms with E-state index in [1.807, 2.05) is 50.5 Å². The number of aromatic nitrogens is 5. The number of amides is 1. The molecule has 4 aromatic heterocycles. The number of fused-ring (bicyclic) bond motifs is 3. The van der Waals surface area contributed by atoms with Gasteiger partial charge in [0.1, 0.15) is 23.0 Å². The molecule has 164 valence electrons. The quantitative estimate of drug-likeness (QED) is 0.536. The molecule has 1 fully saturated rings. The van der Waals surface area contributed by atoms with Crippen molar-refractivity contribution in [3.63, 3.8) is 0 Å². The molecule has 5 rings (SSSR count). The molecule has 1 atom stereocenters. The van der Waals surface area contributed by atoms with E-state index in [2.05, 4.69) is 14.5 Å². The van der Waals surface area contributed by atoms with E-state index in [4.69, 9.17) is 9.97 Å². The van der Waals surface area contributed by atoms with Crippen LogP contribution in [0.5, 0.6) is 0 Å². The van der Waals surface area contributed by atoms with Gasteiger partial charge in [0.15, 0.2) is 0 Å². The first-order chi connectivity index (χ1) is 15.4. The lowest BCUT2D eigenvalue weighted by Gasteiger charge is -2.34. The van der Waals surface area contributed by atoms with Crippen LogP contribution in [0.1, 0.15) is 37.3 Å². The Hall–Kier alpha value is -3.39. The van der Waals surface area contributed by atoms with E-state index in [9.17, 15) is 9.90 Å². The minimum atomic E-state index is -0.962. The fraction of sp³-hybridized carbons (Fsp3) is 0.375. The number of rotatable bonds is 3. The molecule has 32 heavy (non-hydrogen) atoms. The molecule has 0 radical (unpaired) electrons. The minimum absolute atomic E-state index is 0.204. The summed E-state index contributed by atoms with van der Waals surface area (Å²) in [6.45, 7) is 6.72. The Morgan fingerprint density at radius 1 is 1.03 bits per heavy atom. The third-order valence-electron chi connectivity index (χ3n) is 6.24. The van der Waals surface area contributed by atoms with Gasteiger partial charge in [-0.3, -0.25) is 14.8 Å². The second kappa shape index (κ2) is 7.94. The Labute approximate surface area is 186 Å². The third-order valence-corrected chi connectivity index (χ3v) is 6.24. The number of imidazole rings is 1. The third kappa shape index (κ3) is 3.50. The van der Waals surface area contributed by atoms with Crippen LogP contribution in [0.25, 0.3) is 33.3 Å². The van der Waals surface area contributed by atoms with Crippen molar-refractivity contribution in [1.29, 1.82) is 0 Å². The first kappa shape index (κ1) is 20.5. The smallest absolute Gasteiger partial charge is 0.251 e. The second-order valence-electron chi connectivity index (χ2n) is 8.51. The number of carbonyl (C=O) groups is 1. The van der Waals surface area contributed by atoms with Gasteiger partial charge in [-0.25, -0.2) is 9.97 Å². The largest absolute Gasteiger partial charge is 0.384 e. The van der Waals surface area contributed by atoms with Gasteiger partial charge in [0.05, 0.1) is 22.9 Å². The van der Waals surface area contributed by atoms with Crippen LogP contribution in [-0.4, -0.2) is 59.6 Å². The molecule has 0 unspecified atom stereocenters. The Bertz CT molecular complexity index is 1300. The number of nitrogens with zero attached hydrogens (tertiary/aromatic N) is 6. The topological polar surface area (TPSA) is 97.0 Å². The minimum Gasteiger partial charge on any atom is -0.384 e. The van der Waals surface area contributed by atoms with Crippen LogP contribution in [0.15, 0.2) is 36.7 Å². The van der Waals surface area contributed by atoms with Crippen LogP contribution in [-0.2, 0) is 4.79 Å². The summed E-state index contributed by atoms with van der Waals surface area (Å²) in [6.07, 6.45) is 4.29. The van der Waals surface area contributed by atoms with E-state index in [-0.39, 0.29) is 11.9 Å². The van der Waals surface area contributed by atoms with Gasteiger partial charge in [-0.2, -0.15) is 0 Å². The van der Waals surface area contributed by atoms with Crippen molar-refractivity contribution in [2.24, 2.45) is 0 Å². The number of aryl methyl sites for hydroxylation is 2. The lowest BCUT2D eigenvalue weighted by molar-refractivity contribution is -0.140. The summed E-state index contributed by atoms with van der Waals surface area (Å²) in [4.78, 5) is 32.6. The number of aliphatic hydroxyl groups is 1. The van der Waals surface area contributed by atoms with Gasteiger partial charge in [-0.05, 0) is 57.9 Å². The van der Waals surface area contributed by atoms with E-state index in [0.29, 0.717) is 13.1 Å². The molecule has 1 saturated heterocycles. The maximum Gasteiger partial charge on any atom is 0.251 e. The average Bonchev–Trinajstić information content (AvgIpc) is 3.15. The van der Waals surface area contributed by atoms with Crippen LogP contribution in [0, 0.1) is 13.8 Å². The van der Waals surface area contributed by atoms with Crippen molar-refractivity contribution in [3.05, 3.63) is 48.2 Å². The number of carbonyl (C=O) groups excluding carboxylic acids is 1. The van der Waals surface area contributed by atoms with Gasteiger partial charge in [-0.1, -0.05) is 0 Å². The Kier molecular flexibility index (Phi) is 5.09. The summed E-state index contributed by atoms with van der Waals surface area (Å²) < 4.78 is 2.26. The molecule has 1 aliphatic rings. The van der Waals surface area contributed by atoms with Gasteiger partial charge < -0.3 is 14.6 Å². The number of likely N-dealkylation sites (tertiary alicyclic amines) is 1. The van der Waals surface area contributed by atoms with Gasteiger partial charge in [0.2, 0.25) is 0 Å². The Balaban J connectivity index is 1.57. The SMILES string of the molecule is Cc1ccc(-c2ccc3ncc4nc(C)n(C5CCN(C(=O)[C@H](C)O)CC5)c4c3n2)cn1. The molecule has 0 aliphatic carbocycles. The Morgan fingerprint density at radius 2 is 1.81 bits per heavy atom. The predicted molar refractivity (Wildman–Crippen MR) is 122 cm³/mol. The number of hydrogen-bond acceptors (Lipinski definition) is 6. The van der Waals surface area contributed by atoms with Crippen LogP contribution in [0.2, 0.25) is 0 Å². The number of piperidine rings is 1. The number of hydrogen-bond donors (Lipinski definition) is 1. The summed E-state index contributed by atoms with van der Waals surface area (Å²) >= 11 is 0. The predicted octanol–water partition coefficient (Wildman–Crippen LogP) is 3.20. The van der Waals surface area contributed by atoms with Crippen LogP contribution >= 0.6 is 0 Å². The van der Waals surface area contributed by atoms with Crippen LogP contribution in [0.3, 0.4) is 0 Å². The molecule has 8 nitrogen and oxygen atoms in total. The highest BCUT2D eigenvalue weighted by atomic mass is 16.3. The average molecular weight is 431 g/mol. The number of pyridine rings is 3. The van der Waals surface area contributed by atoms with Gasteiger partial charge in [-0.15, -0.1) is 0 Å². The lowest BCUT2D eigenvalue weighted by atomic mass is 10.0. The lowest BCUT2D eigenvalue weighted by Crippen LogP contribution is -2.43. The molecular formula is C24H26N6O2. The molecule has 0 saturated carbocycles. The summed E-state index contributed by atoms with van der Waals surface area (Å²) in [7, 11) is 0. The first-order valence-electron chi connectivity index (χ1n) is 11.0. The fourth-order valence-corrected chi connectivity index (χ4v) is 4.59. The Morgan fingerprint density at radius 3 is 2.50 bits per heavy atom. The highest BCUT2D eigenvalue weighted by Gasteiger charge is 2.28. The standard InChI is InChI=1S/C24H26N6O2/c1-14-4-5-17(12-25-14)19-6-7-20-22(28-19)23-21(13-26-20)27-16(3)30(23)18-8-10-29(11-9-18)24(32)15(2)31/h4-7,12-13,15,18,31H,8-11H2,1-3H3/t15-/m0/s1. The molecule has 4 aromatic rings. The number of aliphatic hydroxyl groups excluding tert-OH is 1. The van der Waals surface area contributed by atoms with Crippen LogP contribution < -0.4 is 0 Å². The zero-order chi connectivity index (χ0) is 22.4. The van der Waals surface area contributed by atoms with Gasteiger partial charge in [0, 0.05) is 36.6 Å². The molecule has 0 bridgehead atoms. The van der Waals surface area contributed by atoms with Crippen molar-refractivity contribution in [1.82, 2.24) is 29.4 Å². The first-order valence-corrected chi connectivity index (χ1v) is 11.0. The zero-order valence-electron chi connectivity index (χ0n) is 18.5. The van der Waals surface area contributed by atoms with E-state index < -0.39 is 6.10 Å². The molecule has 1 aliphatic heterocycles. The van der Waals surface area contributed by atoms with Crippen molar-refractivity contribution < 1.29 is 9.90 Å². The fourth-order valence-electron chi connectivity index (χ4n) is 4.59. The van der Waals surface area contributed by atoms with E-state index >= 15 is 0 Å². The summed E-state index contributed by atoms with van der Waals surface area (Å²) in [5, 5.41) is 9.64. The van der Waals surface area contributed by atoms with Crippen molar-refractivity contribution in [2.45, 2.75) is 45.8 Å². The van der Waals surface area contributed by atoms with Crippen molar-refractivity contribution >= 4 is 28.0 Å². The van der Waals surface area contributed by atoms with Gasteiger partial charge >= 0.3 is 0 Å². The monoisotopic (exact) mass is 430 g/mol. The second-order valence-corrected chi connectivity index (χ2v) is 8.51. The molecule has 0 spiro atoms. The zero-order valence-corrected chi connectivity index (χ0v) is 18.5. The molecular weight excluding hydrogens is 404 g/mol.